The van der Waals surface area contributed by atoms with Crippen LogP contribution >= 0.6 is 0 Å². The van der Waals surface area contributed by atoms with E-state index in [-0.39, 0.29) is 12.3 Å². The molecule has 1 amide bonds. The van der Waals surface area contributed by atoms with Gasteiger partial charge in [0.2, 0.25) is 5.91 Å². The Kier molecular flexibility index (Phi) is 6.99. The van der Waals surface area contributed by atoms with Crippen molar-refractivity contribution in [3.63, 3.8) is 0 Å². The minimum atomic E-state index is -1.05. The van der Waals surface area contributed by atoms with Crippen molar-refractivity contribution >= 4 is 17.7 Å². The lowest BCUT2D eigenvalue weighted by atomic mass is 10.1. The van der Waals surface area contributed by atoms with Gasteiger partial charge in [0.15, 0.2) is 0 Å². The SMILES string of the molecule is N[C@@H](CCNC(=O)CCCCc1ccc2c(n1)NCCC2)C(=O)O. The molecule has 5 N–H and O–H groups in total. The van der Waals surface area contributed by atoms with Gasteiger partial charge in [0, 0.05) is 25.2 Å². The molecule has 1 aliphatic rings. The van der Waals surface area contributed by atoms with Crippen LogP contribution in [0.4, 0.5) is 5.82 Å². The number of anilines is 1. The summed E-state index contributed by atoms with van der Waals surface area (Å²) in [5.74, 6) is -0.102. The molecule has 0 aromatic carbocycles. The smallest absolute Gasteiger partial charge is 0.320 e. The van der Waals surface area contributed by atoms with E-state index in [1.54, 1.807) is 0 Å². The quantitative estimate of drug-likeness (QED) is 0.502. The normalized spacial score (nSPS) is 14.4. The maximum atomic E-state index is 11.7. The first-order valence-electron chi connectivity index (χ1n) is 8.54. The van der Waals surface area contributed by atoms with Gasteiger partial charge in [0.05, 0.1) is 0 Å². The number of hydrogen-bond donors (Lipinski definition) is 4. The van der Waals surface area contributed by atoms with Crippen LogP contribution in [0, 0.1) is 0 Å². The number of unbranched alkanes of at least 4 members (excludes halogenated alkanes) is 1. The molecule has 1 aliphatic heterocycles. The van der Waals surface area contributed by atoms with Gasteiger partial charge in [-0.15, -0.1) is 0 Å². The van der Waals surface area contributed by atoms with Crippen LogP contribution in [-0.2, 0) is 22.4 Å². The Hall–Kier alpha value is -2.15. The number of nitrogens with zero attached hydrogens (tertiary/aromatic N) is 1. The second-order valence-electron chi connectivity index (χ2n) is 6.13. The van der Waals surface area contributed by atoms with E-state index in [9.17, 15) is 9.59 Å². The van der Waals surface area contributed by atoms with E-state index < -0.39 is 12.0 Å². The van der Waals surface area contributed by atoms with Crippen molar-refractivity contribution in [1.29, 1.82) is 0 Å². The zero-order chi connectivity index (χ0) is 17.4. The molecular formula is C17H26N4O3. The topological polar surface area (TPSA) is 117 Å². The third-order valence-corrected chi connectivity index (χ3v) is 4.13. The second-order valence-corrected chi connectivity index (χ2v) is 6.13. The van der Waals surface area contributed by atoms with Crippen molar-refractivity contribution in [2.45, 2.75) is 51.0 Å². The minimum Gasteiger partial charge on any atom is -0.480 e. The van der Waals surface area contributed by atoms with E-state index in [2.05, 4.69) is 27.8 Å². The van der Waals surface area contributed by atoms with Crippen molar-refractivity contribution in [2.75, 3.05) is 18.4 Å². The predicted octanol–water partition coefficient (Wildman–Crippen LogP) is 1.07. The van der Waals surface area contributed by atoms with Gasteiger partial charge >= 0.3 is 5.97 Å². The highest BCUT2D eigenvalue weighted by Crippen LogP contribution is 2.20. The summed E-state index contributed by atoms with van der Waals surface area (Å²) in [6, 6.07) is 3.29. The van der Waals surface area contributed by atoms with Crippen molar-refractivity contribution in [1.82, 2.24) is 10.3 Å². The number of pyridine rings is 1. The Morgan fingerprint density at radius 3 is 3.00 bits per heavy atom. The summed E-state index contributed by atoms with van der Waals surface area (Å²) in [5.41, 5.74) is 7.71. The molecule has 1 aromatic heterocycles. The number of carboxylic acids is 1. The molecule has 0 saturated carbocycles. The van der Waals surface area contributed by atoms with E-state index in [0.29, 0.717) is 13.0 Å². The molecule has 0 radical (unpaired) electrons. The zero-order valence-electron chi connectivity index (χ0n) is 13.9. The summed E-state index contributed by atoms with van der Waals surface area (Å²) in [6.07, 6.45) is 5.45. The van der Waals surface area contributed by atoms with E-state index in [1.165, 1.54) is 5.56 Å². The third kappa shape index (κ3) is 5.81. The van der Waals surface area contributed by atoms with Crippen LogP contribution in [0.25, 0.3) is 0 Å². The molecule has 0 bridgehead atoms. The molecule has 2 heterocycles. The van der Waals surface area contributed by atoms with Crippen molar-refractivity contribution < 1.29 is 14.7 Å². The summed E-state index contributed by atoms with van der Waals surface area (Å²) in [5, 5.41) is 14.7. The molecule has 0 spiro atoms. The largest absolute Gasteiger partial charge is 0.480 e. The maximum Gasteiger partial charge on any atom is 0.320 e. The van der Waals surface area contributed by atoms with Gasteiger partial charge in [-0.1, -0.05) is 6.07 Å². The number of aliphatic carboxylic acids is 1. The molecule has 1 atom stereocenters. The standard InChI is InChI=1S/C17H26N4O3/c18-14(17(23)24)9-11-19-15(22)6-2-1-5-13-8-7-12-4-3-10-20-16(12)21-13/h7-8,14H,1-6,9-11,18H2,(H,19,22)(H,20,21)(H,23,24)/t14-/m0/s1. The van der Waals surface area contributed by atoms with E-state index in [4.69, 9.17) is 10.8 Å². The lowest BCUT2D eigenvalue weighted by Gasteiger charge is -2.17. The number of carbonyl (C=O) groups is 2. The molecule has 2 rings (SSSR count). The maximum absolute atomic E-state index is 11.7. The van der Waals surface area contributed by atoms with Crippen LogP contribution in [-0.4, -0.2) is 41.1 Å². The highest BCUT2D eigenvalue weighted by Gasteiger charge is 2.12. The highest BCUT2D eigenvalue weighted by atomic mass is 16.4. The lowest BCUT2D eigenvalue weighted by molar-refractivity contribution is -0.138. The summed E-state index contributed by atoms with van der Waals surface area (Å²) in [7, 11) is 0. The lowest BCUT2D eigenvalue weighted by Crippen LogP contribution is -2.35. The van der Waals surface area contributed by atoms with Gasteiger partial charge in [0.1, 0.15) is 11.9 Å². The fraction of sp³-hybridized carbons (Fsp3) is 0.588. The van der Waals surface area contributed by atoms with Crippen LogP contribution < -0.4 is 16.4 Å². The Labute approximate surface area is 142 Å². The fourth-order valence-electron chi connectivity index (χ4n) is 2.68. The average Bonchev–Trinajstić information content (AvgIpc) is 2.58. The van der Waals surface area contributed by atoms with Crippen LogP contribution in [0.1, 0.15) is 43.4 Å². The summed E-state index contributed by atoms with van der Waals surface area (Å²) in [4.78, 5) is 26.9. The van der Waals surface area contributed by atoms with Gasteiger partial charge < -0.3 is 21.5 Å². The second kappa shape index (κ2) is 9.22. The van der Waals surface area contributed by atoms with Gasteiger partial charge in [-0.25, -0.2) is 4.98 Å². The monoisotopic (exact) mass is 334 g/mol. The first-order chi connectivity index (χ1) is 11.6. The highest BCUT2D eigenvalue weighted by molar-refractivity contribution is 5.76. The summed E-state index contributed by atoms with van der Waals surface area (Å²) < 4.78 is 0. The number of amides is 1. The third-order valence-electron chi connectivity index (χ3n) is 4.13. The molecule has 1 aromatic rings. The number of nitrogens with one attached hydrogen (secondary N) is 2. The van der Waals surface area contributed by atoms with Gasteiger partial charge in [0.25, 0.3) is 0 Å². The van der Waals surface area contributed by atoms with Crippen LogP contribution in [0.5, 0.6) is 0 Å². The van der Waals surface area contributed by atoms with Gasteiger partial charge in [-0.3, -0.25) is 9.59 Å². The molecule has 24 heavy (non-hydrogen) atoms. The molecule has 0 fully saturated rings. The van der Waals surface area contributed by atoms with Crippen LogP contribution in [0.15, 0.2) is 12.1 Å². The average molecular weight is 334 g/mol. The van der Waals surface area contributed by atoms with Crippen molar-refractivity contribution in [2.24, 2.45) is 5.73 Å². The molecule has 0 saturated heterocycles. The van der Waals surface area contributed by atoms with Crippen molar-refractivity contribution in [3.05, 3.63) is 23.4 Å². The number of rotatable bonds is 9. The number of hydrogen-bond acceptors (Lipinski definition) is 5. The van der Waals surface area contributed by atoms with E-state index >= 15 is 0 Å². The minimum absolute atomic E-state index is 0.0624. The van der Waals surface area contributed by atoms with E-state index in [0.717, 1.165) is 50.2 Å². The number of aromatic nitrogens is 1. The molecule has 7 heteroatoms. The number of nitrogens with two attached hydrogens (primary N) is 1. The Balaban J connectivity index is 1.60. The number of carboxylic acid groups (broad SMARTS) is 1. The Bertz CT molecular complexity index is 577. The Morgan fingerprint density at radius 1 is 1.38 bits per heavy atom. The zero-order valence-corrected chi connectivity index (χ0v) is 13.9. The predicted molar refractivity (Wildman–Crippen MR) is 91.8 cm³/mol. The molecule has 0 unspecified atom stereocenters. The number of fused-ring (bicyclic) bond motifs is 1. The molecule has 7 nitrogen and oxygen atoms in total. The Morgan fingerprint density at radius 2 is 2.21 bits per heavy atom. The summed E-state index contributed by atoms with van der Waals surface area (Å²) in [6.45, 7) is 1.28. The van der Waals surface area contributed by atoms with Crippen LogP contribution in [0.2, 0.25) is 0 Å². The number of aryl methyl sites for hydroxylation is 2. The van der Waals surface area contributed by atoms with Crippen LogP contribution in [0.3, 0.4) is 0 Å². The number of carbonyl (C=O) groups excluding carboxylic acids is 1. The van der Waals surface area contributed by atoms with E-state index in [1.807, 2.05) is 0 Å². The first kappa shape index (κ1) is 18.2. The molecule has 0 aliphatic carbocycles. The van der Waals surface area contributed by atoms with Crippen molar-refractivity contribution in [3.8, 4) is 0 Å². The summed E-state index contributed by atoms with van der Waals surface area (Å²) >= 11 is 0. The van der Waals surface area contributed by atoms with Gasteiger partial charge in [-0.05, 0) is 50.2 Å². The fourth-order valence-corrected chi connectivity index (χ4v) is 2.68. The molecule has 132 valence electrons. The first-order valence-corrected chi connectivity index (χ1v) is 8.54. The molecular weight excluding hydrogens is 308 g/mol. The van der Waals surface area contributed by atoms with Gasteiger partial charge in [-0.2, -0.15) is 0 Å².